The van der Waals surface area contributed by atoms with Crippen molar-refractivity contribution in [3.8, 4) is 0 Å². The lowest BCUT2D eigenvalue weighted by atomic mass is 10.2. The van der Waals surface area contributed by atoms with Crippen LogP contribution >= 0.6 is 0 Å². The van der Waals surface area contributed by atoms with E-state index in [0.717, 1.165) is 11.5 Å². The lowest BCUT2D eigenvalue weighted by molar-refractivity contribution is 0.0953. The van der Waals surface area contributed by atoms with E-state index in [9.17, 15) is 9.18 Å². The summed E-state index contributed by atoms with van der Waals surface area (Å²) in [5.74, 6) is 0.0413. The van der Waals surface area contributed by atoms with Gasteiger partial charge in [-0.15, -0.1) is 10.2 Å². The van der Waals surface area contributed by atoms with Gasteiger partial charge in [0.15, 0.2) is 5.65 Å². The summed E-state index contributed by atoms with van der Waals surface area (Å²) in [7, 11) is 0. The third-order valence-corrected chi connectivity index (χ3v) is 3.11. The molecular weight excluding hydrogens is 271 g/mol. The van der Waals surface area contributed by atoms with Crippen LogP contribution in [-0.4, -0.2) is 27.0 Å². The normalized spacial score (nSPS) is 10.7. The second kappa shape index (κ2) is 5.70. The molecule has 0 atom stereocenters. The Morgan fingerprint density at radius 1 is 1.19 bits per heavy atom. The zero-order chi connectivity index (χ0) is 14.7. The molecule has 2 aromatic heterocycles. The summed E-state index contributed by atoms with van der Waals surface area (Å²) in [6, 6.07) is 11.2. The van der Waals surface area contributed by atoms with Gasteiger partial charge in [0.2, 0.25) is 0 Å². The third-order valence-electron chi connectivity index (χ3n) is 3.11. The van der Waals surface area contributed by atoms with Crippen LogP contribution < -0.4 is 5.32 Å². The van der Waals surface area contributed by atoms with Crippen LogP contribution in [0.1, 0.15) is 16.2 Å². The largest absolute Gasteiger partial charge is 0.352 e. The average molecular weight is 284 g/mol. The molecule has 0 unspecified atom stereocenters. The molecule has 2 heterocycles. The lowest BCUT2D eigenvalue weighted by Gasteiger charge is -2.04. The van der Waals surface area contributed by atoms with Crippen LogP contribution in [0.3, 0.4) is 0 Å². The number of fused-ring (bicyclic) bond motifs is 1. The summed E-state index contributed by atoms with van der Waals surface area (Å²) >= 11 is 0. The Hall–Kier alpha value is -2.76. The number of nitrogens with zero attached hydrogens (tertiary/aromatic N) is 3. The van der Waals surface area contributed by atoms with Crippen molar-refractivity contribution in [1.82, 2.24) is 19.9 Å². The molecule has 3 aromatic rings. The molecule has 0 saturated heterocycles. The number of pyridine rings is 1. The van der Waals surface area contributed by atoms with Gasteiger partial charge in [-0.1, -0.05) is 12.1 Å². The highest BCUT2D eigenvalue weighted by molar-refractivity contribution is 5.94. The van der Waals surface area contributed by atoms with Crippen molar-refractivity contribution in [2.45, 2.75) is 6.42 Å². The van der Waals surface area contributed by atoms with E-state index in [4.69, 9.17) is 0 Å². The van der Waals surface area contributed by atoms with E-state index < -0.39 is 5.82 Å². The van der Waals surface area contributed by atoms with Crippen molar-refractivity contribution in [3.05, 3.63) is 65.9 Å². The minimum atomic E-state index is -0.425. The minimum Gasteiger partial charge on any atom is -0.352 e. The zero-order valence-electron chi connectivity index (χ0n) is 11.2. The Bertz CT molecular complexity index is 784. The lowest BCUT2D eigenvalue weighted by Crippen LogP contribution is -2.26. The predicted octanol–water partition coefficient (Wildman–Crippen LogP) is 1.84. The molecule has 21 heavy (non-hydrogen) atoms. The van der Waals surface area contributed by atoms with E-state index in [1.807, 2.05) is 28.8 Å². The number of rotatable bonds is 4. The quantitative estimate of drug-likeness (QED) is 0.795. The molecule has 106 valence electrons. The van der Waals surface area contributed by atoms with E-state index in [-0.39, 0.29) is 5.91 Å². The van der Waals surface area contributed by atoms with Gasteiger partial charge in [0.25, 0.3) is 5.91 Å². The van der Waals surface area contributed by atoms with Crippen molar-refractivity contribution in [3.63, 3.8) is 0 Å². The molecule has 1 aromatic carbocycles. The highest BCUT2D eigenvalue weighted by Gasteiger charge is 2.08. The molecule has 0 aliphatic heterocycles. The van der Waals surface area contributed by atoms with Gasteiger partial charge in [-0.3, -0.25) is 9.20 Å². The van der Waals surface area contributed by atoms with E-state index in [1.54, 1.807) is 6.07 Å². The molecule has 6 heteroatoms. The number of amides is 1. The van der Waals surface area contributed by atoms with Crippen LogP contribution in [0.4, 0.5) is 4.39 Å². The zero-order valence-corrected chi connectivity index (χ0v) is 11.2. The molecule has 5 nitrogen and oxygen atoms in total. The number of hydrogen-bond acceptors (Lipinski definition) is 3. The summed E-state index contributed by atoms with van der Waals surface area (Å²) in [4.78, 5) is 11.9. The maximum atomic E-state index is 13.0. The number of carbonyl (C=O) groups is 1. The summed E-state index contributed by atoms with van der Waals surface area (Å²) in [5, 5.41) is 10.9. The van der Waals surface area contributed by atoms with Gasteiger partial charge in [0, 0.05) is 24.7 Å². The molecule has 0 bridgehead atoms. The number of aromatic nitrogens is 3. The fraction of sp³-hybridized carbons (Fsp3) is 0.133. The Morgan fingerprint density at radius 2 is 2.10 bits per heavy atom. The first-order valence-corrected chi connectivity index (χ1v) is 6.56. The van der Waals surface area contributed by atoms with Crippen LogP contribution in [0.2, 0.25) is 0 Å². The van der Waals surface area contributed by atoms with Crippen LogP contribution in [0, 0.1) is 5.82 Å². The number of carbonyl (C=O) groups excluding carboxylic acids is 1. The SMILES string of the molecule is O=C(NCCc1nnc2ccccn12)c1cccc(F)c1. The monoisotopic (exact) mass is 284 g/mol. The van der Waals surface area contributed by atoms with Gasteiger partial charge < -0.3 is 5.32 Å². The first kappa shape index (κ1) is 13.2. The maximum Gasteiger partial charge on any atom is 0.251 e. The Balaban J connectivity index is 1.62. The second-order valence-corrected chi connectivity index (χ2v) is 4.56. The molecule has 1 amide bonds. The maximum absolute atomic E-state index is 13.0. The Morgan fingerprint density at radius 3 is 2.95 bits per heavy atom. The third kappa shape index (κ3) is 2.89. The fourth-order valence-corrected chi connectivity index (χ4v) is 2.08. The number of hydrogen-bond donors (Lipinski definition) is 1. The van der Waals surface area contributed by atoms with Crippen molar-refractivity contribution in [1.29, 1.82) is 0 Å². The molecule has 3 rings (SSSR count). The van der Waals surface area contributed by atoms with Gasteiger partial charge in [0.1, 0.15) is 11.6 Å². The van der Waals surface area contributed by atoms with Crippen molar-refractivity contribution in [2.24, 2.45) is 0 Å². The first-order chi connectivity index (χ1) is 10.2. The number of benzene rings is 1. The van der Waals surface area contributed by atoms with Crippen LogP contribution in [0.15, 0.2) is 48.7 Å². The van der Waals surface area contributed by atoms with Gasteiger partial charge in [0.05, 0.1) is 0 Å². The summed E-state index contributed by atoms with van der Waals surface area (Å²) in [5.41, 5.74) is 1.07. The Kier molecular flexibility index (Phi) is 3.59. The molecule has 0 fully saturated rings. The number of nitrogens with one attached hydrogen (secondary N) is 1. The molecule has 0 spiro atoms. The molecule has 0 radical (unpaired) electrons. The van der Waals surface area contributed by atoms with Gasteiger partial charge in [-0.2, -0.15) is 0 Å². The van der Waals surface area contributed by atoms with E-state index in [0.29, 0.717) is 18.5 Å². The van der Waals surface area contributed by atoms with Crippen LogP contribution in [0.5, 0.6) is 0 Å². The summed E-state index contributed by atoms with van der Waals surface area (Å²) in [6.45, 7) is 0.408. The summed E-state index contributed by atoms with van der Waals surface area (Å²) in [6.07, 6.45) is 2.42. The molecule has 0 saturated carbocycles. The number of halogens is 1. The Labute approximate surface area is 120 Å². The predicted molar refractivity (Wildman–Crippen MR) is 75.4 cm³/mol. The van der Waals surface area contributed by atoms with Gasteiger partial charge in [-0.25, -0.2) is 4.39 Å². The molecular formula is C15H13FN4O. The van der Waals surface area contributed by atoms with Crippen molar-refractivity contribution in [2.75, 3.05) is 6.54 Å². The van der Waals surface area contributed by atoms with Gasteiger partial charge in [-0.05, 0) is 30.3 Å². The highest BCUT2D eigenvalue weighted by atomic mass is 19.1. The first-order valence-electron chi connectivity index (χ1n) is 6.56. The van der Waals surface area contributed by atoms with Crippen molar-refractivity contribution >= 4 is 11.6 Å². The minimum absolute atomic E-state index is 0.302. The van der Waals surface area contributed by atoms with E-state index in [2.05, 4.69) is 15.5 Å². The smallest absolute Gasteiger partial charge is 0.251 e. The van der Waals surface area contributed by atoms with Crippen molar-refractivity contribution < 1.29 is 9.18 Å². The van der Waals surface area contributed by atoms with E-state index >= 15 is 0 Å². The van der Waals surface area contributed by atoms with Gasteiger partial charge >= 0.3 is 0 Å². The molecule has 0 aliphatic carbocycles. The highest BCUT2D eigenvalue weighted by Crippen LogP contribution is 2.04. The second-order valence-electron chi connectivity index (χ2n) is 4.56. The molecule has 1 N–H and O–H groups in total. The summed E-state index contributed by atoms with van der Waals surface area (Å²) < 4.78 is 14.9. The molecule has 0 aliphatic rings. The van der Waals surface area contributed by atoms with Crippen LogP contribution in [-0.2, 0) is 6.42 Å². The van der Waals surface area contributed by atoms with E-state index in [1.165, 1.54) is 18.2 Å². The average Bonchev–Trinajstić information content (AvgIpc) is 2.91. The fourth-order valence-electron chi connectivity index (χ4n) is 2.08. The van der Waals surface area contributed by atoms with Crippen LogP contribution in [0.25, 0.3) is 5.65 Å². The topological polar surface area (TPSA) is 59.3 Å². The standard InChI is InChI=1S/C15H13FN4O/c16-12-5-3-4-11(10-12)15(21)17-8-7-14-19-18-13-6-1-2-9-20(13)14/h1-6,9-10H,7-8H2,(H,17,21).